The third-order valence-electron chi connectivity index (χ3n) is 6.23. The van der Waals surface area contributed by atoms with Crippen molar-refractivity contribution in [2.75, 3.05) is 11.9 Å². The number of aromatic nitrogens is 2. The number of carbonyl (C=O) groups is 1. The van der Waals surface area contributed by atoms with E-state index in [2.05, 4.69) is 27.1 Å². The first kappa shape index (κ1) is 29.6. The highest BCUT2D eigenvalue weighted by molar-refractivity contribution is 7.20. The Hall–Kier alpha value is -3.91. The lowest BCUT2D eigenvalue weighted by molar-refractivity contribution is -0.0608. The van der Waals surface area contributed by atoms with Gasteiger partial charge in [0.25, 0.3) is 0 Å². The highest BCUT2D eigenvalue weighted by Gasteiger charge is 2.45. The summed E-state index contributed by atoms with van der Waals surface area (Å²) in [5, 5.41) is 3.69. The van der Waals surface area contributed by atoms with E-state index in [9.17, 15) is 9.18 Å². The normalized spacial score (nSPS) is 16.2. The molecule has 0 aliphatic carbocycles. The molecule has 42 heavy (non-hydrogen) atoms. The van der Waals surface area contributed by atoms with Crippen LogP contribution in [0.2, 0.25) is 5.02 Å². The number of thiophene rings is 1. The Labute approximate surface area is 252 Å². The predicted molar refractivity (Wildman–Crippen MR) is 162 cm³/mol. The summed E-state index contributed by atoms with van der Waals surface area (Å²) in [5.74, 6) is 7.12. The van der Waals surface area contributed by atoms with Crippen molar-refractivity contribution < 1.29 is 23.4 Å². The van der Waals surface area contributed by atoms with Crippen LogP contribution in [0.4, 0.5) is 20.7 Å². The van der Waals surface area contributed by atoms with Gasteiger partial charge in [-0.2, -0.15) is 0 Å². The van der Waals surface area contributed by atoms with Crippen molar-refractivity contribution in [2.24, 2.45) is 0 Å². The number of rotatable bonds is 5. The smallest absolute Gasteiger partial charge is 0.413 e. The van der Waals surface area contributed by atoms with E-state index in [0.29, 0.717) is 27.8 Å². The van der Waals surface area contributed by atoms with E-state index in [1.165, 1.54) is 29.8 Å². The van der Waals surface area contributed by atoms with Gasteiger partial charge in [0.1, 0.15) is 41.9 Å². The largest absolute Gasteiger partial charge is 0.487 e. The molecule has 11 heteroatoms. The fourth-order valence-electron chi connectivity index (χ4n) is 4.35. The van der Waals surface area contributed by atoms with Crippen LogP contribution in [-0.2, 0) is 16.1 Å². The van der Waals surface area contributed by atoms with Crippen molar-refractivity contribution in [1.82, 2.24) is 14.9 Å². The van der Waals surface area contributed by atoms with Crippen LogP contribution in [-0.4, -0.2) is 44.9 Å². The number of anilines is 2. The number of nitrogens with zero attached hydrogens (tertiary/aromatic N) is 3. The second kappa shape index (κ2) is 11.8. The Morgan fingerprint density at radius 2 is 2.05 bits per heavy atom. The van der Waals surface area contributed by atoms with E-state index in [1.807, 2.05) is 46.8 Å². The summed E-state index contributed by atoms with van der Waals surface area (Å²) in [7, 11) is 0. The van der Waals surface area contributed by atoms with Crippen LogP contribution in [0, 0.1) is 17.7 Å². The van der Waals surface area contributed by atoms with E-state index in [0.717, 1.165) is 15.1 Å². The van der Waals surface area contributed by atoms with Gasteiger partial charge in [0.15, 0.2) is 5.82 Å². The summed E-state index contributed by atoms with van der Waals surface area (Å²) >= 11 is 7.91. The van der Waals surface area contributed by atoms with Crippen molar-refractivity contribution in [3.63, 3.8) is 0 Å². The second-order valence-electron chi connectivity index (χ2n) is 11.1. The topological polar surface area (TPSA) is 85.8 Å². The zero-order valence-electron chi connectivity index (χ0n) is 23.8. The number of ether oxygens (including phenoxy) is 3. The molecule has 0 unspecified atom stereocenters. The van der Waals surface area contributed by atoms with Gasteiger partial charge in [0.2, 0.25) is 0 Å². The van der Waals surface area contributed by atoms with E-state index >= 15 is 0 Å². The first-order chi connectivity index (χ1) is 19.9. The zero-order valence-corrected chi connectivity index (χ0v) is 25.4. The van der Waals surface area contributed by atoms with E-state index < -0.39 is 23.5 Å². The minimum atomic E-state index is -0.842. The SMILES string of the molecule is CC(C)(C)OC(=O)N1[C@H](C#Cc2cc3ncnc(Nc4ccc(OCc5cccc(F)c5)c(Cl)c4)c3s2)COC1(C)C. The number of benzene rings is 2. The van der Waals surface area contributed by atoms with Crippen molar-refractivity contribution in [3.05, 3.63) is 76.1 Å². The molecule has 1 atom stereocenters. The molecule has 2 aromatic heterocycles. The molecule has 1 N–H and O–H groups in total. The Bertz CT molecular complexity index is 1690. The summed E-state index contributed by atoms with van der Waals surface area (Å²) in [5.41, 5.74) is 0.662. The highest BCUT2D eigenvalue weighted by atomic mass is 35.5. The highest BCUT2D eigenvalue weighted by Crippen LogP contribution is 2.34. The Morgan fingerprint density at radius 1 is 1.24 bits per heavy atom. The molecule has 8 nitrogen and oxygen atoms in total. The Morgan fingerprint density at radius 3 is 2.79 bits per heavy atom. The summed E-state index contributed by atoms with van der Waals surface area (Å²) < 4.78 is 31.5. The van der Waals surface area contributed by atoms with Crippen molar-refractivity contribution in [3.8, 4) is 17.6 Å². The van der Waals surface area contributed by atoms with Gasteiger partial charge < -0.3 is 19.5 Å². The summed E-state index contributed by atoms with van der Waals surface area (Å²) in [6, 6.07) is 12.9. The molecule has 0 bridgehead atoms. The molecule has 1 aliphatic rings. The van der Waals surface area contributed by atoms with E-state index in [4.69, 9.17) is 25.8 Å². The first-order valence-electron chi connectivity index (χ1n) is 13.2. The average Bonchev–Trinajstić information content (AvgIpc) is 3.46. The maximum atomic E-state index is 13.4. The molecule has 0 spiro atoms. The van der Waals surface area contributed by atoms with Crippen LogP contribution >= 0.6 is 22.9 Å². The molecule has 218 valence electrons. The molecule has 0 radical (unpaired) electrons. The Balaban J connectivity index is 1.31. The first-order valence-corrected chi connectivity index (χ1v) is 14.4. The molecule has 4 aromatic rings. The lowest BCUT2D eigenvalue weighted by Crippen LogP contribution is -2.49. The lowest BCUT2D eigenvalue weighted by Gasteiger charge is -2.33. The monoisotopic (exact) mass is 608 g/mol. The summed E-state index contributed by atoms with van der Waals surface area (Å²) in [6.45, 7) is 9.58. The molecular weight excluding hydrogens is 579 g/mol. The van der Waals surface area contributed by atoms with Crippen LogP contribution in [0.1, 0.15) is 45.1 Å². The standard InChI is InChI=1S/C31H30ClFN4O4S/c1-30(2,3)41-29(38)37-22(17-40-31(37,4)5)10-11-23-15-25-27(42-23)28(35-18-34-25)36-21-9-12-26(24(32)14-21)39-16-19-7-6-8-20(33)13-19/h6-9,12-15,18,22H,16-17H2,1-5H3,(H,34,35,36)/t22-/m1/s1. The Kier molecular flexibility index (Phi) is 8.28. The van der Waals surface area contributed by atoms with Crippen LogP contribution in [0.15, 0.2) is 54.9 Å². The minimum absolute atomic E-state index is 0.190. The van der Waals surface area contributed by atoms with Crippen LogP contribution < -0.4 is 10.1 Å². The third kappa shape index (κ3) is 6.93. The molecule has 2 aromatic carbocycles. The van der Waals surface area contributed by atoms with Gasteiger partial charge in [-0.1, -0.05) is 35.6 Å². The van der Waals surface area contributed by atoms with Crippen LogP contribution in [0.25, 0.3) is 10.2 Å². The van der Waals surface area contributed by atoms with Gasteiger partial charge in [-0.15, -0.1) is 11.3 Å². The summed E-state index contributed by atoms with van der Waals surface area (Å²) in [6.07, 6.45) is 1.01. The predicted octanol–water partition coefficient (Wildman–Crippen LogP) is 7.53. The maximum Gasteiger partial charge on any atom is 0.413 e. The van der Waals surface area contributed by atoms with Gasteiger partial charge in [-0.05, 0) is 76.6 Å². The third-order valence-corrected chi connectivity index (χ3v) is 7.57. The number of hydrogen-bond acceptors (Lipinski definition) is 8. The fourth-order valence-corrected chi connectivity index (χ4v) is 5.50. The van der Waals surface area contributed by atoms with Crippen molar-refractivity contribution in [1.29, 1.82) is 0 Å². The van der Waals surface area contributed by atoms with Gasteiger partial charge in [-0.25, -0.2) is 19.2 Å². The van der Waals surface area contributed by atoms with Crippen molar-refractivity contribution in [2.45, 2.75) is 58.6 Å². The number of carbonyl (C=O) groups excluding carboxylic acids is 1. The number of halogens is 2. The molecule has 1 fully saturated rings. The molecular formula is C31H30ClFN4O4S. The second-order valence-corrected chi connectivity index (χ2v) is 12.6. The fraction of sp³-hybridized carbons (Fsp3) is 0.323. The van der Waals surface area contributed by atoms with Gasteiger partial charge in [0.05, 0.1) is 26.7 Å². The van der Waals surface area contributed by atoms with Crippen LogP contribution in [0.5, 0.6) is 5.75 Å². The molecule has 0 saturated carbocycles. The average molecular weight is 609 g/mol. The maximum absolute atomic E-state index is 13.4. The summed E-state index contributed by atoms with van der Waals surface area (Å²) in [4.78, 5) is 24.0. The van der Waals surface area contributed by atoms with Gasteiger partial charge in [0, 0.05) is 5.69 Å². The van der Waals surface area contributed by atoms with E-state index in [1.54, 1.807) is 29.2 Å². The van der Waals surface area contributed by atoms with Crippen LogP contribution in [0.3, 0.4) is 0 Å². The zero-order chi connectivity index (χ0) is 30.1. The molecule has 1 amide bonds. The van der Waals surface area contributed by atoms with Gasteiger partial charge >= 0.3 is 6.09 Å². The number of nitrogens with one attached hydrogen (secondary N) is 1. The lowest BCUT2D eigenvalue weighted by atomic mass is 10.2. The number of amides is 1. The molecule has 1 saturated heterocycles. The molecule has 3 heterocycles. The molecule has 1 aliphatic heterocycles. The number of hydrogen-bond donors (Lipinski definition) is 1. The minimum Gasteiger partial charge on any atom is -0.487 e. The van der Waals surface area contributed by atoms with Gasteiger partial charge in [-0.3, -0.25) is 4.90 Å². The van der Waals surface area contributed by atoms with E-state index in [-0.39, 0.29) is 19.0 Å². The quantitative estimate of drug-likeness (QED) is 0.234. The molecule has 5 rings (SSSR count). The number of fused-ring (bicyclic) bond motifs is 1. The van der Waals surface area contributed by atoms with Crippen molar-refractivity contribution >= 4 is 50.8 Å².